The van der Waals surface area contributed by atoms with Crippen molar-refractivity contribution in [1.82, 2.24) is 9.80 Å². The smallest absolute Gasteiger partial charge is 0.308 e. The number of carbonyl (C=O) groups is 2. The monoisotopic (exact) mass is 410 g/mol. The lowest BCUT2D eigenvalue weighted by Crippen LogP contribution is -2.46. The second kappa shape index (κ2) is 8.64. The third kappa shape index (κ3) is 4.15. The Morgan fingerprint density at radius 1 is 1.17 bits per heavy atom. The molecule has 6 nitrogen and oxygen atoms in total. The number of aryl methyl sites for hydroxylation is 2. The molecule has 0 bridgehead atoms. The maximum absolute atomic E-state index is 12.9. The first-order valence-electron chi connectivity index (χ1n) is 10.8. The summed E-state index contributed by atoms with van der Waals surface area (Å²) in [6.07, 6.45) is 5.32. The van der Waals surface area contributed by atoms with Crippen LogP contribution in [0.25, 0.3) is 0 Å². The van der Waals surface area contributed by atoms with Gasteiger partial charge < -0.3 is 19.3 Å². The predicted octanol–water partition coefficient (Wildman–Crippen LogP) is 3.46. The van der Waals surface area contributed by atoms with Crippen LogP contribution in [0.2, 0.25) is 0 Å². The van der Waals surface area contributed by atoms with Gasteiger partial charge in [-0.05, 0) is 63.9 Å². The fourth-order valence-corrected chi connectivity index (χ4v) is 5.12. The first kappa shape index (κ1) is 20.7. The SMILES string of the molecule is Cc1occc1C(=O)N1CC(C(=O)O)C2(CCN(CCCc3ccccc3)CC2)C1. The number of hydrogen-bond acceptors (Lipinski definition) is 4. The number of aliphatic carboxylic acids is 1. The molecule has 0 aliphatic carbocycles. The summed E-state index contributed by atoms with van der Waals surface area (Å²) in [4.78, 5) is 29.1. The summed E-state index contributed by atoms with van der Waals surface area (Å²) in [6, 6.07) is 12.2. The van der Waals surface area contributed by atoms with Crippen LogP contribution in [0.1, 0.15) is 40.9 Å². The zero-order valence-electron chi connectivity index (χ0n) is 17.5. The van der Waals surface area contributed by atoms with Gasteiger partial charge >= 0.3 is 5.97 Å². The molecule has 1 spiro atoms. The quantitative estimate of drug-likeness (QED) is 0.789. The van der Waals surface area contributed by atoms with Crippen molar-refractivity contribution in [3.63, 3.8) is 0 Å². The minimum atomic E-state index is -0.785. The van der Waals surface area contributed by atoms with Crippen LogP contribution in [0.3, 0.4) is 0 Å². The Morgan fingerprint density at radius 3 is 2.53 bits per heavy atom. The third-order valence-electron chi connectivity index (χ3n) is 6.96. The highest BCUT2D eigenvalue weighted by molar-refractivity contribution is 5.95. The van der Waals surface area contributed by atoms with Crippen molar-refractivity contribution in [2.75, 3.05) is 32.7 Å². The van der Waals surface area contributed by atoms with E-state index >= 15 is 0 Å². The van der Waals surface area contributed by atoms with Crippen LogP contribution < -0.4 is 0 Å². The summed E-state index contributed by atoms with van der Waals surface area (Å²) in [5, 5.41) is 9.88. The summed E-state index contributed by atoms with van der Waals surface area (Å²) >= 11 is 0. The maximum Gasteiger partial charge on any atom is 0.308 e. The number of furan rings is 1. The lowest BCUT2D eigenvalue weighted by atomic mass is 9.71. The number of amides is 1. The van der Waals surface area contributed by atoms with Gasteiger partial charge in [-0.3, -0.25) is 9.59 Å². The maximum atomic E-state index is 12.9. The van der Waals surface area contributed by atoms with Gasteiger partial charge in [-0.2, -0.15) is 0 Å². The van der Waals surface area contributed by atoms with Crippen LogP contribution in [0.4, 0.5) is 0 Å². The Kier molecular flexibility index (Phi) is 5.95. The van der Waals surface area contributed by atoms with Gasteiger partial charge in [0.05, 0.1) is 17.7 Å². The molecule has 0 saturated carbocycles. The first-order valence-corrected chi connectivity index (χ1v) is 10.8. The lowest BCUT2D eigenvalue weighted by molar-refractivity contribution is -0.145. The van der Waals surface area contributed by atoms with Crippen molar-refractivity contribution >= 4 is 11.9 Å². The summed E-state index contributed by atoms with van der Waals surface area (Å²) in [5.74, 6) is -0.817. The molecule has 2 aliphatic heterocycles. The molecule has 1 unspecified atom stereocenters. The van der Waals surface area contributed by atoms with Gasteiger partial charge in [-0.1, -0.05) is 30.3 Å². The Labute approximate surface area is 177 Å². The molecule has 1 N–H and O–H groups in total. The first-order chi connectivity index (χ1) is 14.5. The van der Waals surface area contributed by atoms with Gasteiger partial charge in [-0.25, -0.2) is 0 Å². The Balaban J connectivity index is 1.35. The molecular weight excluding hydrogens is 380 g/mol. The highest BCUT2D eigenvalue weighted by atomic mass is 16.4. The summed E-state index contributed by atoms with van der Waals surface area (Å²) in [7, 11) is 0. The van der Waals surface area contributed by atoms with E-state index in [1.807, 2.05) is 6.07 Å². The number of likely N-dealkylation sites (tertiary alicyclic amines) is 2. The van der Waals surface area contributed by atoms with Crippen LogP contribution in [-0.4, -0.2) is 59.5 Å². The fourth-order valence-electron chi connectivity index (χ4n) is 5.12. The number of benzene rings is 1. The van der Waals surface area contributed by atoms with Gasteiger partial charge in [0.1, 0.15) is 5.76 Å². The summed E-state index contributed by atoms with van der Waals surface area (Å²) in [5.41, 5.74) is 1.57. The van der Waals surface area contributed by atoms with E-state index in [0.717, 1.165) is 45.3 Å². The number of rotatable bonds is 6. The molecular formula is C24H30N2O4. The van der Waals surface area contributed by atoms with Gasteiger partial charge in [0.2, 0.25) is 0 Å². The average Bonchev–Trinajstić information content (AvgIpc) is 3.34. The van der Waals surface area contributed by atoms with Crippen LogP contribution >= 0.6 is 0 Å². The molecule has 2 aromatic rings. The van der Waals surface area contributed by atoms with Crippen LogP contribution in [0, 0.1) is 18.3 Å². The molecule has 30 heavy (non-hydrogen) atoms. The van der Waals surface area contributed by atoms with Crippen LogP contribution in [0.15, 0.2) is 47.1 Å². The number of piperidine rings is 1. The molecule has 0 radical (unpaired) electrons. The Morgan fingerprint density at radius 2 is 1.90 bits per heavy atom. The van der Waals surface area contributed by atoms with Gasteiger partial charge in [0.25, 0.3) is 5.91 Å². The molecule has 4 rings (SSSR count). The normalized spacial score (nSPS) is 21.2. The third-order valence-corrected chi connectivity index (χ3v) is 6.96. The number of carboxylic acid groups (broad SMARTS) is 1. The van der Waals surface area contributed by atoms with Gasteiger partial charge in [0.15, 0.2) is 0 Å². The fraction of sp³-hybridized carbons (Fsp3) is 0.500. The molecule has 6 heteroatoms. The minimum Gasteiger partial charge on any atom is -0.481 e. The lowest BCUT2D eigenvalue weighted by Gasteiger charge is -2.41. The predicted molar refractivity (Wildman–Crippen MR) is 113 cm³/mol. The highest BCUT2D eigenvalue weighted by Crippen LogP contribution is 2.45. The van der Waals surface area contributed by atoms with E-state index < -0.39 is 11.9 Å². The van der Waals surface area contributed by atoms with E-state index in [4.69, 9.17) is 4.42 Å². The second-order valence-electron chi connectivity index (χ2n) is 8.76. The van der Waals surface area contributed by atoms with E-state index in [1.54, 1.807) is 17.9 Å². The molecule has 1 aromatic carbocycles. The van der Waals surface area contributed by atoms with Crippen molar-refractivity contribution < 1.29 is 19.1 Å². The number of carboxylic acids is 1. The van der Waals surface area contributed by atoms with E-state index in [9.17, 15) is 14.7 Å². The van der Waals surface area contributed by atoms with Crippen LogP contribution in [0.5, 0.6) is 0 Å². The molecule has 1 aromatic heterocycles. The standard InChI is InChI=1S/C24H30N2O4/c1-18-20(9-15-30-18)22(27)26-16-21(23(28)29)24(17-26)10-13-25(14-11-24)12-5-8-19-6-3-2-4-7-19/h2-4,6-7,9,15,21H,5,8,10-14,16-17H2,1H3,(H,28,29). The topological polar surface area (TPSA) is 74.0 Å². The molecule has 2 fully saturated rings. The van der Waals surface area contributed by atoms with E-state index in [1.165, 1.54) is 11.8 Å². The minimum absolute atomic E-state index is 0.116. The molecule has 3 heterocycles. The highest BCUT2D eigenvalue weighted by Gasteiger charge is 2.52. The molecule has 2 saturated heterocycles. The van der Waals surface area contributed by atoms with Crippen molar-refractivity contribution in [1.29, 1.82) is 0 Å². The van der Waals surface area contributed by atoms with Crippen molar-refractivity contribution in [2.24, 2.45) is 11.3 Å². The molecule has 160 valence electrons. The Hall–Kier alpha value is -2.60. The van der Waals surface area contributed by atoms with Crippen molar-refractivity contribution in [2.45, 2.75) is 32.6 Å². The zero-order chi connectivity index (χ0) is 21.1. The largest absolute Gasteiger partial charge is 0.481 e. The molecule has 1 atom stereocenters. The molecule has 2 aliphatic rings. The van der Waals surface area contributed by atoms with Crippen molar-refractivity contribution in [3.05, 3.63) is 59.5 Å². The van der Waals surface area contributed by atoms with Crippen molar-refractivity contribution in [3.8, 4) is 0 Å². The van der Waals surface area contributed by atoms with E-state index in [2.05, 4.69) is 29.2 Å². The molecule has 1 amide bonds. The zero-order valence-corrected chi connectivity index (χ0v) is 17.5. The summed E-state index contributed by atoms with van der Waals surface area (Å²) in [6.45, 7) is 5.38. The van der Waals surface area contributed by atoms with Gasteiger partial charge in [-0.15, -0.1) is 0 Å². The number of nitrogens with zero attached hydrogens (tertiary/aromatic N) is 2. The van der Waals surface area contributed by atoms with Crippen LogP contribution in [-0.2, 0) is 11.2 Å². The summed E-state index contributed by atoms with van der Waals surface area (Å²) < 4.78 is 5.27. The second-order valence-corrected chi connectivity index (χ2v) is 8.76. The van der Waals surface area contributed by atoms with E-state index in [-0.39, 0.29) is 17.9 Å². The Bertz CT molecular complexity index is 884. The van der Waals surface area contributed by atoms with E-state index in [0.29, 0.717) is 17.9 Å². The number of carbonyl (C=O) groups excluding carboxylic acids is 1. The average molecular weight is 411 g/mol. The number of hydrogen-bond donors (Lipinski definition) is 1. The van der Waals surface area contributed by atoms with Gasteiger partial charge in [0, 0.05) is 18.5 Å².